The van der Waals surface area contributed by atoms with Crippen molar-refractivity contribution >= 4 is 33.8 Å². The van der Waals surface area contributed by atoms with Crippen LogP contribution in [0.1, 0.15) is 23.8 Å². The van der Waals surface area contributed by atoms with Gasteiger partial charge >= 0.3 is 0 Å². The molecule has 0 saturated carbocycles. The van der Waals surface area contributed by atoms with Crippen molar-refractivity contribution in [3.8, 4) is 6.07 Å². The summed E-state index contributed by atoms with van der Waals surface area (Å²) in [6.07, 6.45) is 4.06. The molecule has 0 aliphatic rings. The van der Waals surface area contributed by atoms with Gasteiger partial charge < -0.3 is 11.1 Å². The van der Waals surface area contributed by atoms with Crippen LogP contribution in [0.4, 0.5) is 10.7 Å². The van der Waals surface area contributed by atoms with Crippen molar-refractivity contribution < 1.29 is 0 Å². The molecule has 1 unspecified atom stereocenters. The maximum absolute atomic E-state index is 9.08. The van der Waals surface area contributed by atoms with Gasteiger partial charge in [0.1, 0.15) is 15.9 Å². The van der Waals surface area contributed by atoms with Crippen molar-refractivity contribution in [2.45, 2.75) is 30.7 Å². The average molecular weight is 317 g/mol. The van der Waals surface area contributed by atoms with Gasteiger partial charge in [-0.15, -0.1) is 23.1 Å². The van der Waals surface area contributed by atoms with E-state index in [0.717, 1.165) is 22.7 Å². The molecule has 21 heavy (non-hydrogen) atoms. The second-order valence-corrected chi connectivity index (χ2v) is 6.73. The number of benzene rings is 1. The lowest BCUT2D eigenvalue weighted by Gasteiger charge is -2.15. The Morgan fingerprint density at radius 2 is 2.10 bits per heavy atom. The first-order valence-electron chi connectivity index (χ1n) is 6.82. The minimum Gasteiger partial charge on any atom is -0.396 e. The standard InChI is InChI=1S/C16H19N3S2/c1-11(8-9-12-6-4-3-5-7-12)19-16-15(20-2)14(18)13(10-17)21-16/h3-7,11,19H,8-9,18H2,1-2H3. The van der Waals surface area contributed by atoms with Crippen LogP contribution in [0.3, 0.4) is 0 Å². The molecular weight excluding hydrogens is 298 g/mol. The minimum absolute atomic E-state index is 0.334. The number of hydrogen-bond donors (Lipinski definition) is 2. The highest BCUT2D eigenvalue weighted by atomic mass is 32.2. The summed E-state index contributed by atoms with van der Waals surface area (Å²) in [5, 5.41) is 13.6. The van der Waals surface area contributed by atoms with Gasteiger partial charge in [-0.05, 0) is 31.6 Å². The average Bonchev–Trinajstić information content (AvgIpc) is 2.81. The van der Waals surface area contributed by atoms with Gasteiger partial charge in [0.25, 0.3) is 0 Å². The van der Waals surface area contributed by atoms with Gasteiger partial charge in [0.2, 0.25) is 0 Å². The topological polar surface area (TPSA) is 61.8 Å². The highest BCUT2D eigenvalue weighted by Gasteiger charge is 2.16. The maximum atomic E-state index is 9.08. The first kappa shape index (κ1) is 15.7. The quantitative estimate of drug-likeness (QED) is 0.777. The largest absolute Gasteiger partial charge is 0.396 e. The number of nitrogen functional groups attached to an aromatic ring is 1. The lowest BCUT2D eigenvalue weighted by atomic mass is 10.1. The SMILES string of the molecule is CSc1c(NC(C)CCc2ccccc2)sc(C#N)c1N. The molecule has 0 amide bonds. The van der Waals surface area contributed by atoms with Crippen LogP contribution in [0.15, 0.2) is 35.2 Å². The number of hydrogen-bond acceptors (Lipinski definition) is 5. The van der Waals surface area contributed by atoms with Gasteiger partial charge in [-0.2, -0.15) is 5.26 Å². The van der Waals surface area contributed by atoms with Crippen molar-refractivity contribution in [2.24, 2.45) is 0 Å². The van der Waals surface area contributed by atoms with Crippen LogP contribution in [0.5, 0.6) is 0 Å². The Labute approximate surface area is 134 Å². The summed E-state index contributed by atoms with van der Waals surface area (Å²) in [4.78, 5) is 1.58. The number of anilines is 2. The Balaban J connectivity index is 2.00. The predicted octanol–water partition coefficient (Wildman–Crippen LogP) is 4.36. The molecule has 0 saturated heterocycles. The Morgan fingerprint density at radius 1 is 1.38 bits per heavy atom. The molecule has 1 aromatic carbocycles. The summed E-state index contributed by atoms with van der Waals surface area (Å²) >= 11 is 3.03. The molecule has 0 aliphatic carbocycles. The first-order valence-corrected chi connectivity index (χ1v) is 8.86. The molecule has 0 bridgehead atoms. The van der Waals surface area contributed by atoms with E-state index in [1.807, 2.05) is 12.3 Å². The second kappa shape index (κ2) is 7.39. The van der Waals surface area contributed by atoms with E-state index in [-0.39, 0.29) is 0 Å². The molecule has 1 heterocycles. The van der Waals surface area contributed by atoms with E-state index in [9.17, 15) is 0 Å². The van der Waals surface area contributed by atoms with Crippen LogP contribution in [0, 0.1) is 11.3 Å². The highest BCUT2D eigenvalue weighted by molar-refractivity contribution is 7.99. The fourth-order valence-corrected chi connectivity index (χ4v) is 4.06. The fraction of sp³-hybridized carbons (Fsp3) is 0.312. The number of thiophene rings is 1. The highest BCUT2D eigenvalue weighted by Crippen LogP contribution is 2.41. The van der Waals surface area contributed by atoms with E-state index in [1.165, 1.54) is 16.9 Å². The monoisotopic (exact) mass is 317 g/mol. The Morgan fingerprint density at radius 3 is 2.71 bits per heavy atom. The number of aryl methyl sites for hydroxylation is 1. The molecule has 110 valence electrons. The smallest absolute Gasteiger partial charge is 0.131 e. The molecule has 0 radical (unpaired) electrons. The Bertz CT molecular complexity index is 629. The summed E-state index contributed by atoms with van der Waals surface area (Å²) in [6, 6.07) is 13.0. The molecule has 2 rings (SSSR count). The third-order valence-corrected chi connectivity index (χ3v) is 5.29. The molecule has 2 aromatic rings. The van der Waals surface area contributed by atoms with Crippen LogP contribution in [-0.4, -0.2) is 12.3 Å². The minimum atomic E-state index is 0.334. The number of nitrogens with zero attached hydrogens (tertiary/aromatic N) is 1. The molecule has 0 spiro atoms. The van der Waals surface area contributed by atoms with Crippen molar-refractivity contribution in [3.05, 3.63) is 40.8 Å². The van der Waals surface area contributed by atoms with Crippen LogP contribution in [0.25, 0.3) is 0 Å². The number of nitriles is 1. The number of rotatable bonds is 6. The normalized spacial score (nSPS) is 11.9. The first-order chi connectivity index (χ1) is 10.2. The zero-order chi connectivity index (χ0) is 15.2. The summed E-state index contributed by atoms with van der Waals surface area (Å²) in [7, 11) is 0. The van der Waals surface area contributed by atoms with E-state index >= 15 is 0 Å². The van der Waals surface area contributed by atoms with Gasteiger partial charge in [0.05, 0.1) is 10.6 Å². The fourth-order valence-electron chi connectivity index (χ4n) is 2.13. The molecule has 0 fully saturated rings. The van der Waals surface area contributed by atoms with E-state index in [1.54, 1.807) is 11.8 Å². The van der Waals surface area contributed by atoms with Crippen LogP contribution >= 0.6 is 23.1 Å². The molecule has 1 aromatic heterocycles. The van der Waals surface area contributed by atoms with Crippen LogP contribution in [0.2, 0.25) is 0 Å². The van der Waals surface area contributed by atoms with E-state index in [2.05, 4.69) is 42.6 Å². The van der Waals surface area contributed by atoms with Crippen molar-refractivity contribution in [1.29, 1.82) is 5.26 Å². The lowest BCUT2D eigenvalue weighted by Crippen LogP contribution is -2.15. The van der Waals surface area contributed by atoms with Crippen molar-refractivity contribution in [3.63, 3.8) is 0 Å². The number of nitrogens with two attached hydrogens (primary N) is 1. The molecule has 1 atom stereocenters. The molecule has 3 nitrogen and oxygen atoms in total. The zero-order valence-corrected chi connectivity index (χ0v) is 13.9. The summed E-state index contributed by atoms with van der Waals surface area (Å²) in [6.45, 7) is 2.16. The van der Waals surface area contributed by atoms with Crippen molar-refractivity contribution in [2.75, 3.05) is 17.3 Å². The predicted molar refractivity (Wildman–Crippen MR) is 93.1 cm³/mol. The number of nitrogens with one attached hydrogen (secondary N) is 1. The molecular formula is C16H19N3S2. The maximum Gasteiger partial charge on any atom is 0.131 e. The van der Waals surface area contributed by atoms with E-state index in [4.69, 9.17) is 11.0 Å². The van der Waals surface area contributed by atoms with Gasteiger partial charge in [-0.25, -0.2) is 0 Å². The van der Waals surface area contributed by atoms with Crippen molar-refractivity contribution in [1.82, 2.24) is 0 Å². The second-order valence-electron chi connectivity index (χ2n) is 4.89. The summed E-state index contributed by atoms with van der Waals surface area (Å²) in [5.41, 5.74) is 7.94. The van der Waals surface area contributed by atoms with E-state index < -0.39 is 0 Å². The summed E-state index contributed by atoms with van der Waals surface area (Å²) < 4.78 is 0. The Kier molecular flexibility index (Phi) is 5.54. The molecule has 3 N–H and O–H groups in total. The van der Waals surface area contributed by atoms with Gasteiger partial charge in [-0.3, -0.25) is 0 Å². The van der Waals surface area contributed by atoms with Gasteiger partial charge in [0, 0.05) is 6.04 Å². The zero-order valence-electron chi connectivity index (χ0n) is 12.2. The van der Waals surface area contributed by atoms with E-state index in [0.29, 0.717) is 16.6 Å². The third kappa shape index (κ3) is 3.93. The molecule has 5 heteroatoms. The Hall–Kier alpha value is -1.64. The summed E-state index contributed by atoms with van der Waals surface area (Å²) in [5.74, 6) is 0. The lowest BCUT2D eigenvalue weighted by molar-refractivity contribution is 0.706. The third-order valence-electron chi connectivity index (χ3n) is 3.29. The van der Waals surface area contributed by atoms with Gasteiger partial charge in [0.15, 0.2) is 0 Å². The molecule has 0 aliphatic heterocycles. The van der Waals surface area contributed by atoms with Crippen LogP contribution < -0.4 is 11.1 Å². The van der Waals surface area contributed by atoms with Gasteiger partial charge in [-0.1, -0.05) is 30.3 Å². The van der Waals surface area contributed by atoms with Crippen LogP contribution in [-0.2, 0) is 6.42 Å². The number of thioether (sulfide) groups is 1.